The molecule has 15 heteroatoms. The predicted molar refractivity (Wildman–Crippen MR) is 198 cm³/mol. The topological polar surface area (TPSA) is 251 Å². The van der Waals surface area contributed by atoms with Gasteiger partial charge >= 0.3 is 0 Å². The fourth-order valence-corrected chi connectivity index (χ4v) is 7.37. The Morgan fingerprint density at radius 2 is 1.00 bits per heavy atom. The number of rotatable bonds is 12. The first-order chi connectivity index (χ1) is 25.7. The summed E-state index contributed by atoms with van der Waals surface area (Å²) >= 11 is 0. The van der Waals surface area contributed by atoms with Gasteiger partial charge in [0.05, 0.1) is 48.5 Å². The predicted octanol–water partition coefficient (Wildman–Crippen LogP) is 2.37. The van der Waals surface area contributed by atoms with Gasteiger partial charge < -0.3 is 48.1 Å². The molecule has 0 radical (unpaired) electrons. The molecule has 12 N–H and O–H groups in total. The fraction of sp³-hybridized carbons (Fsp3) is 0.211. The normalized spacial score (nSPS) is 16.8. The van der Waals surface area contributed by atoms with Crippen molar-refractivity contribution < 1.29 is 14.4 Å². The average molecular weight is 711 g/mol. The van der Waals surface area contributed by atoms with E-state index in [4.69, 9.17) is 17.2 Å². The number of aromatic amines is 3. The highest BCUT2D eigenvalue weighted by Gasteiger charge is 2.42. The van der Waals surface area contributed by atoms with Crippen LogP contribution in [-0.2, 0) is 33.6 Å². The summed E-state index contributed by atoms with van der Waals surface area (Å²) in [5, 5.41) is 8.97. The molecule has 0 aliphatic heterocycles. The Bertz CT molecular complexity index is 2030. The van der Waals surface area contributed by atoms with Gasteiger partial charge in [-0.2, -0.15) is 0 Å². The highest BCUT2D eigenvalue weighted by molar-refractivity contribution is 5.97. The minimum atomic E-state index is -0.802. The van der Waals surface area contributed by atoms with Gasteiger partial charge in [-0.25, -0.2) is 15.0 Å². The third-order valence-electron chi connectivity index (χ3n) is 9.90. The molecule has 9 rings (SSSR count). The molecule has 0 unspecified atom stereocenters. The summed E-state index contributed by atoms with van der Waals surface area (Å²) in [5.74, 6) is -1.41. The average Bonchev–Trinajstić information content (AvgIpc) is 3.97. The van der Waals surface area contributed by atoms with Crippen LogP contribution in [0.15, 0.2) is 92.2 Å². The Labute approximate surface area is 303 Å². The lowest BCUT2D eigenvalue weighted by Crippen LogP contribution is -2.38. The van der Waals surface area contributed by atoms with E-state index in [0.29, 0.717) is 34.9 Å². The highest BCUT2D eigenvalue weighted by atomic mass is 16.2. The zero-order chi connectivity index (χ0) is 36.6. The molecule has 53 heavy (non-hydrogen) atoms. The first kappa shape index (κ1) is 33.7. The Hall–Kier alpha value is -6.42. The van der Waals surface area contributed by atoms with Crippen molar-refractivity contribution in [3.63, 3.8) is 0 Å². The largest absolute Gasteiger partial charge is 0.351 e. The summed E-state index contributed by atoms with van der Waals surface area (Å²) in [5.41, 5.74) is 29.0. The van der Waals surface area contributed by atoms with E-state index in [-0.39, 0.29) is 42.4 Å². The van der Waals surface area contributed by atoms with Gasteiger partial charge in [-0.15, -0.1) is 0 Å². The van der Waals surface area contributed by atoms with E-state index in [1.807, 2.05) is 54.6 Å². The molecule has 0 spiro atoms. The maximum absolute atomic E-state index is 13.2. The van der Waals surface area contributed by atoms with E-state index in [1.165, 1.54) is 0 Å². The van der Waals surface area contributed by atoms with Crippen molar-refractivity contribution >= 4 is 34.8 Å². The van der Waals surface area contributed by atoms with Crippen molar-refractivity contribution in [3.8, 4) is 0 Å². The zero-order valence-corrected chi connectivity index (χ0v) is 28.5. The fourth-order valence-electron chi connectivity index (χ4n) is 7.37. The number of amides is 3. The van der Waals surface area contributed by atoms with Gasteiger partial charge in [0.1, 0.15) is 0 Å². The zero-order valence-electron chi connectivity index (χ0n) is 28.5. The maximum atomic E-state index is 13.2. The lowest BCUT2D eigenvalue weighted by atomic mass is 9.61. The van der Waals surface area contributed by atoms with E-state index in [1.54, 1.807) is 37.6 Å². The van der Waals surface area contributed by atoms with Crippen molar-refractivity contribution in [2.45, 2.75) is 49.2 Å². The molecule has 3 heterocycles. The van der Waals surface area contributed by atoms with E-state index in [9.17, 15) is 14.4 Å². The van der Waals surface area contributed by atoms with Gasteiger partial charge in [0.25, 0.3) is 0 Å². The number of aromatic nitrogens is 6. The summed E-state index contributed by atoms with van der Waals surface area (Å²) in [6, 6.07) is 15.4. The summed E-state index contributed by atoms with van der Waals surface area (Å²) < 4.78 is 0. The van der Waals surface area contributed by atoms with Gasteiger partial charge in [-0.05, 0) is 69.8 Å². The second-order valence-electron chi connectivity index (χ2n) is 13.5. The second kappa shape index (κ2) is 14.0. The summed E-state index contributed by atoms with van der Waals surface area (Å²) in [6.07, 6.45) is 10.6. The number of hydrogen-bond donors (Lipinski definition) is 9. The standard InChI is InChI=1S/C38H38N12O3/c39-31(10-22-13-42-16-45-22)36(51)48-19-1-4-25-28(7-19)35-29-8-20(49-37(52)32(40)11-23-14-43-17-46-23)2-5-26(29)34(25)27-6-3-21(9-30(27)35)50-38(53)33(41)12-24-15-44-18-47-24/h1-9,13-18,31-35H,10-12,39-41H2,(H,42,45)(H,43,46)(H,44,47)(H,48,51)(H,49,52)(H,50,53)/t31-,32-,33-,34?,35?/m1/s1. The molecule has 0 saturated carbocycles. The van der Waals surface area contributed by atoms with Crippen LogP contribution >= 0.6 is 0 Å². The number of carbonyl (C=O) groups is 3. The molecule has 3 aliphatic carbocycles. The molecule has 2 bridgehead atoms. The first-order valence-corrected chi connectivity index (χ1v) is 17.2. The minimum Gasteiger partial charge on any atom is -0.351 e. The van der Waals surface area contributed by atoms with Crippen molar-refractivity contribution in [2.24, 2.45) is 17.2 Å². The number of hydrogen-bond acceptors (Lipinski definition) is 9. The van der Waals surface area contributed by atoms with Crippen LogP contribution in [0.25, 0.3) is 0 Å². The minimum absolute atomic E-state index is 0.134. The van der Waals surface area contributed by atoms with Crippen LogP contribution < -0.4 is 33.2 Å². The molecule has 3 aromatic heterocycles. The smallest absolute Gasteiger partial charge is 0.241 e. The Morgan fingerprint density at radius 1 is 0.585 bits per heavy atom. The monoisotopic (exact) mass is 710 g/mol. The van der Waals surface area contributed by atoms with Gasteiger partial charge in [0.2, 0.25) is 17.7 Å². The molecule has 3 amide bonds. The number of carbonyl (C=O) groups excluding carboxylic acids is 3. The number of nitrogens with zero attached hydrogens (tertiary/aromatic N) is 3. The third-order valence-corrected chi connectivity index (χ3v) is 9.90. The lowest BCUT2D eigenvalue weighted by Gasteiger charge is -2.42. The van der Waals surface area contributed by atoms with Crippen LogP contribution in [0.2, 0.25) is 0 Å². The molecule has 3 aliphatic rings. The lowest BCUT2D eigenvalue weighted by molar-refractivity contribution is -0.118. The highest BCUT2D eigenvalue weighted by Crippen LogP contribution is 2.57. The van der Waals surface area contributed by atoms with Gasteiger partial charge in [-0.3, -0.25) is 14.4 Å². The number of anilines is 3. The molecule has 3 aromatic carbocycles. The first-order valence-electron chi connectivity index (χ1n) is 17.2. The Balaban J connectivity index is 1.11. The number of nitrogens with one attached hydrogen (secondary N) is 6. The summed E-state index contributed by atoms with van der Waals surface area (Å²) in [6.45, 7) is 0. The van der Waals surface area contributed by atoms with E-state index < -0.39 is 18.1 Å². The molecule has 0 fully saturated rings. The molecule has 268 valence electrons. The van der Waals surface area contributed by atoms with Crippen LogP contribution in [0, 0.1) is 0 Å². The van der Waals surface area contributed by atoms with Crippen molar-refractivity contribution in [1.29, 1.82) is 0 Å². The molecule has 6 aromatic rings. The van der Waals surface area contributed by atoms with Crippen LogP contribution in [0.5, 0.6) is 0 Å². The number of H-pyrrole nitrogens is 3. The van der Waals surface area contributed by atoms with Gasteiger partial charge in [-0.1, -0.05) is 18.2 Å². The quantitative estimate of drug-likeness (QED) is 0.0901. The van der Waals surface area contributed by atoms with E-state index in [0.717, 1.165) is 39.1 Å². The Kier molecular flexibility index (Phi) is 8.87. The van der Waals surface area contributed by atoms with Gasteiger partial charge in [0, 0.05) is 72.4 Å². The molecule has 15 nitrogen and oxygen atoms in total. The Morgan fingerprint density at radius 3 is 1.38 bits per heavy atom. The van der Waals surface area contributed by atoms with Crippen molar-refractivity contribution in [2.75, 3.05) is 16.0 Å². The number of nitrogens with two attached hydrogens (primary N) is 3. The summed E-state index contributed by atoms with van der Waals surface area (Å²) in [4.78, 5) is 60.7. The van der Waals surface area contributed by atoms with Crippen LogP contribution in [-0.4, -0.2) is 65.8 Å². The summed E-state index contributed by atoms with van der Waals surface area (Å²) in [7, 11) is 0. The van der Waals surface area contributed by atoms with E-state index in [2.05, 4.69) is 45.9 Å². The second-order valence-corrected chi connectivity index (χ2v) is 13.5. The van der Waals surface area contributed by atoms with Crippen LogP contribution in [0.3, 0.4) is 0 Å². The van der Waals surface area contributed by atoms with E-state index >= 15 is 0 Å². The van der Waals surface area contributed by atoms with Crippen molar-refractivity contribution in [3.05, 3.63) is 143 Å². The molecule has 0 saturated heterocycles. The number of benzene rings is 3. The maximum Gasteiger partial charge on any atom is 0.241 e. The number of imidazole rings is 3. The SMILES string of the molecule is N[C@H](Cc1c[nH]cn1)C(=O)Nc1ccc2c(c1)C1c3cc(NC(=O)[C@H](N)Cc4c[nH]cn4)ccc3C2c2ccc(NC(=O)[C@H](N)Cc3cnc[nH]3)cc21. The third kappa shape index (κ3) is 6.71. The van der Waals surface area contributed by atoms with Gasteiger partial charge in [0.15, 0.2) is 0 Å². The molecular weight excluding hydrogens is 672 g/mol. The van der Waals surface area contributed by atoms with Crippen LogP contribution in [0.1, 0.15) is 62.3 Å². The molecular formula is C38H38N12O3. The molecule has 3 atom stereocenters. The van der Waals surface area contributed by atoms with Crippen molar-refractivity contribution in [1.82, 2.24) is 29.9 Å². The van der Waals surface area contributed by atoms with Crippen LogP contribution in [0.4, 0.5) is 17.1 Å².